The summed E-state index contributed by atoms with van der Waals surface area (Å²) in [6.45, 7) is 0.0491. The molecule has 1 N–H and O–H groups in total. The van der Waals surface area contributed by atoms with Gasteiger partial charge in [0.2, 0.25) is 12.0 Å². The van der Waals surface area contributed by atoms with E-state index in [1.165, 1.54) is 18.4 Å². The SMILES string of the molecule is COC(=O)C(OC(=O)CCNC(=O)CCC(=O)c1cccs1)c1ccccc1. The van der Waals surface area contributed by atoms with Crippen LogP contribution in [0.5, 0.6) is 0 Å². The minimum Gasteiger partial charge on any atom is -0.466 e. The number of carbonyl (C=O) groups is 4. The van der Waals surface area contributed by atoms with Gasteiger partial charge >= 0.3 is 11.9 Å². The van der Waals surface area contributed by atoms with Crippen LogP contribution in [-0.4, -0.2) is 37.3 Å². The van der Waals surface area contributed by atoms with Crippen molar-refractivity contribution in [1.82, 2.24) is 5.32 Å². The van der Waals surface area contributed by atoms with Crippen LogP contribution in [0.25, 0.3) is 0 Å². The Morgan fingerprint density at radius 1 is 1.00 bits per heavy atom. The largest absolute Gasteiger partial charge is 0.466 e. The number of benzene rings is 1. The zero-order valence-corrected chi connectivity index (χ0v) is 16.2. The summed E-state index contributed by atoms with van der Waals surface area (Å²) < 4.78 is 9.88. The van der Waals surface area contributed by atoms with Crippen molar-refractivity contribution < 1.29 is 28.7 Å². The van der Waals surface area contributed by atoms with Crippen LogP contribution in [0.1, 0.15) is 40.6 Å². The number of amides is 1. The van der Waals surface area contributed by atoms with E-state index in [2.05, 4.69) is 10.1 Å². The molecule has 2 rings (SSSR count). The molecule has 28 heavy (non-hydrogen) atoms. The van der Waals surface area contributed by atoms with Crippen molar-refractivity contribution >= 4 is 35.0 Å². The smallest absolute Gasteiger partial charge is 0.351 e. The molecule has 0 saturated carbocycles. The van der Waals surface area contributed by atoms with Gasteiger partial charge < -0.3 is 14.8 Å². The van der Waals surface area contributed by atoms with Gasteiger partial charge in [-0.05, 0) is 11.4 Å². The average Bonchev–Trinajstić information content (AvgIpc) is 3.25. The van der Waals surface area contributed by atoms with Gasteiger partial charge in [0.25, 0.3) is 0 Å². The Bertz CT molecular complexity index is 803. The highest BCUT2D eigenvalue weighted by molar-refractivity contribution is 7.12. The summed E-state index contributed by atoms with van der Waals surface area (Å²) in [6.07, 6.45) is -1.11. The van der Waals surface area contributed by atoms with E-state index in [9.17, 15) is 19.2 Å². The van der Waals surface area contributed by atoms with Crippen LogP contribution in [0, 0.1) is 0 Å². The van der Waals surface area contributed by atoms with Crippen molar-refractivity contribution in [3.63, 3.8) is 0 Å². The standard InChI is InChI=1S/C20H21NO6S/c1-26-20(25)19(14-6-3-2-4-7-14)27-18(24)11-12-21-17(23)10-9-15(22)16-8-5-13-28-16/h2-8,13,19H,9-12H2,1H3,(H,21,23). The molecule has 1 amide bonds. The maximum absolute atomic E-state index is 12.0. The molecule has 2 aromatic rings. The van der Waals surface area contributed by atoms with Crippen LogP contribution in [-0.2, 0) is 23.9 Å². The van der Waals surface area contributed by atoms with E-state index >= 15 is 0 Å². The Balaban J connectivity index is 1.74. The molecule has 8 heteroatoms. The van der Waals surface area contributed by atoms with Crippen LogP contribution in [0.2, 0.25) is 0 Å². The predicted molar refractivity (Wildman–Crippen MR) is 103 cm³/mol. The van der Waals surface area contributed by atoms with Gasteiger partial charge in [-0.2, -0.15) is 0 Å². The van der Waals surface area contributed by atoms with Gasteiger partial charge in [-0.3, -0.25) is 14.4 Å². The number of carbonyl (C=O) groups excluding carboxylic acids is 4. The zero-order chi connectivity index (χ0) is 20.4. The Morgan fingerprint density at radius 3 is 2.39 bits per heavy atom. The van der Waals surface area contributed by atoms with E-state index in [0.717, 1.165) is 0 Å². The Morgan fingerprint density at radius 2 is 1.75 bits per heavy atom. The maximum Gasteiger partial charge on any atom is 0.351 e. The summed E-state index contributed by atoms with van der Waals surface area (Å²) in [4.78, 5) is 48.2. The van der Waals surface area contributed by atoms with E-state index < -0.39 is 18.0 Å². The topological polar surface area (TPSA) is 98.8 Å². The normalized spacial score (nSPS) is 11.3. The number of methoxy groups -OCH3 is 1. The highest BCUT2D eigenvalue weighted by atomic mass is 32.1. The van der Waals surface area contributed by atoms with E-state index in [0.29, 0.717) is 10.4 Å². The second kappa shape index (κ2) is 11.0. The molecule has 1 atom stereocenters. The maximum atomic E-state index is 12.0. The average molecular weight is 403 g/mol. The van der Waals surface area contributed by atoms with Crippen molar-refractivity contribution in [1.29, 1.82) is 0 Å². The fraction of sp³-hybridized carbons (Fsp3) is 0.300. The fourth-order valence-corrected chi connectivity index (χ4v) is 3.05. The highest BCUT2D eigenvalue weighted by Gasteiger charge is 2.25. The molecule has 0 radical (unpaired) electrons. The number of nitrogens with one attached hydrogen (secondary N) is 1. The molecule has 148 valence electrons. The van der Waals surface area contributed by atoms with Crippen LogP contribution < -0.4 is 5.32 Å². The monoisotopic (exact) mass is 403 g/mol. The van der Waals surface area contributed by atoms with Crippen LogP contribution in [0.3, 0.4) is 0 Å². The molecule has 0 aliphatic rings. The third-order valence-electron chi connectivity index (χ3n) is 3.79. The molecule has 0 aliphatic carbocycles. The number of thiophene rings is 1. The first-order chi connectivity index (χ1) is 13.5. The van der Waals surface area contributed by atoms with Crippen molar-refractivity contribution in [3.8, 4) is 0 Å². The first-order valence-electron chi connectivity index (χ1n) is 8.67. The minimum absolute atomic E-state index is 0.0422. The first kappa shape index (κ1) is 21.3. The molecule has 1 unspecified atom stereocenters. The number of ether oxygens (including phenoxy) is 2. The lowest BCUT2D eigenvalue weighted by Crippen LogP contribution is -2.28. The second-order valence-corrected chi connectivity index (χ2v) is 6.75. The summed E-state index contributed by atoms with van der Waals surface area (Å²) in [7, 11) is 1.21. The molecule has 0 fully saturated rings. The Kier molecular flexibility index (Phi) is 8.36. The third kappa shape index (κ3) is 6.62. The van der Waals surface area contributed by atoms with Gasteiger partial charge in [0.05, 0.1) is 18.4 Å². The lowest BCUT2D eigenvalue weighted by Gasteiger charge is -2.16. The molecule has 1 aromatic carbocycles. The molecule has 7 nitrogen and oxygen atoms in total. The van der Waals surface area contributed by atoms with Gasteiger partial charge in [-0.1, -0.05) is 36.4 Å². The minimum atomic E-state index is -1.15. The number of Topliss-reactive ketones (excluding diaryl/α,β-unsaturated/α-hetero) is 1. The summed E-state index contributed by atoms with van der Waals surface area (Å²) in [6, 6.07) is 12.0. The first-order valence-corrected chi connectivity index (χ1v) is 9.55. The second-order valence-electron chi connectivity index (χ2n) is 5.80. The van der Waals surface area contributed by atoms with Crippen LogP contribution in [0.4, 0.5) is 0 Å². The van der Waals surface area contributed by atoms with Crippen LogP contribution in [0.15, 0.2) is 47.8 Å². The zero-order valence-electron chi connectivity index (χ0n) is 15.4. The van der Waals surface area contributed by atoms with Crippen molar-refractivity contribution in [2.24, 2.45) is 0 Å². The number of rotatable bonds is 10. The van der Waals surface area contributed by atoms with E-state index in [4.69, 9.17) is 4.74 Å². The summed E-state index contributed by atoms with van der Waals surface area (Å²) >= 11 is 1.33. The summed E-state index contributed by atoms with van der Waals surface area (Å²) in [5.41, 5.74) is 0.499. The lowest BCUT2D eigenvalue weighted by molar-refractivity contribution is -0.166. The van der Waals surface area contributed by atoms with Crippen molar-refractivity contribution in [2.75, 3.05) is 13.7 Å². The summed E-state index contributed by atoms with van der Waals surface area (Å²) in [5.74, 6) is -1.75. The number of esters is 2. The molecule has 0 spiro atoms. The van der Waals surface area contributed by atoms with Gasteiger partial charge in [-0.25, -0.2) is 4.79 Å². The highest BCUT2D eigenvalue weighted by Crippen LogP contribution is 2.19. The van der Waals surface area contributed by atoms with Gasteiger partial charge in [0.1, 0.15) is 0 Å². The van der Waals surface area contributed by atoms with E-state index in [-0.39, 0.29) is 37.5 Å². The van der Waals surface area contributed by atoms with Gasteiger partial charge in [-0.15, -0.1) is 11.3 Å². The summed E-state index contributed by atoms with van der Waals surface area (Å²) in [5, 5.41) is 4.37. The molecule has 1 aromatic heterocycles. The number of hydrogen-bond acceptors (Lipinski definition) is 7. The fourth-order valence-electron chi connectivity index (χ4n) is 2.36. The third-order valence-corrected chi connectivity index (χ3v) is 4.70. The van der Waals surface area contributed by atoms with Crippen LogP contribution >= 0.6 is 11.3 Å². The quantitative estimate of drug-likeness (QED) is 0.484. The van der Waals surface area contributed by atoms with Gasteiger partial charge in [0.15, 0.2) is 5.78 Å². The Labute approximate surface area is 166 Å². The van der Waals surface area contributed by atoms with Gasteiger partial charge in [0, 0.05) is 24.9 Å². The van der Waals surface area contributed by atoms with Crippen molar-refractivity contribution in [2.45, 2.75) is 25.4 Å². The number of ketones is 1. The van der Waals surface area contributed by atoms with Crippen molar-refractivity contribution in [3.05, 3.63) is 58.3 Å². The lowest BCUT2D eigenvalue weighted by atomic mass is 10.1. The molecular weight excluding hydrogens is 382 g/mol. The Hall–Kier alpha value is -3.00. The van der Waals surface area contributed by atoms with E-state index in [1.807, 2.05) is 0 Å². The number of hydrogen-bond donors (Lipinski definition) is 1. The molecule has 1 heterocycles. The molecule has 0 bridgehead atoms. The molecule has 0 saturated heterocycles. The molecular formula is C20H21NO6S. The van der Waals surface area contributed by atoms with E-state index in [1.54, 1.807) is 47.8 Å². The molecule has 0 aliphatic heterocycles. The predicted octanol–water partition coefficient (Wildman–Crippen LogP) is 2.67.